The zero-order valence-electron chi connectivity index (χ0n) is 14.2. The predicted octanol–water partition coefficient (Wildman–Crippen LogP) is 2.12. The van der Waals surface area contributed by atoms with Crippen LogP contribution in [0.3, 0.4) is 0 Å². The molecule has 6 nitrogen and oxygen atoms in total. The van der Waals surface area contributed by atoms with Crippen molar-refractivity contribution in [3.05, 3.63) is 18.3 Å². The van der Waals surface area contributed by atoms with Gasteiger partial charge in [-0.1, -0.05) is 25.6 Å². The van der Waals surface area contributed by atoms with Gasteiger partial charge in [0.15, 0.2) is 0 Å². The molecule has 0 unspecified atom stereocenters. The van der Waals surface area contributed by atoms with E-state index in [0.717, 1.165) is 19.3 Å². The molecule has 1 aliphatic rings. The van der Waals surface area contributed by atoms with Crippen LogP contribution in [0.5, 0.6) is 0 Å². The van der Waals surface area contributed by atoms with E-state index in [-0.39, 0.29) is 16.6 Å². The van der Waals surface area contributed by atoms with E-state index in [9.17, 15) is 13.2 Å². The Kier molecular flexibility index (Phi) is 7.06. The second-order valence-corrected chi connectivity index (χ2v) is 9.20. The number of sulfonamides is 1. The van der Waals surface area contributed by atoms with Crippen molar-refractivity contribution >= 4 is 27.7 Å². The Labute approximate surface area is 148 Å². The van der Waals surface area contributed by atoms with Crippen molar-refractivity contribution in [1.82, 2.24) is 14.6 Å². The number of hydrogen-bond donors (Lipinski definition) is 1. The van der Waals surface area contributed by atoms with Gasteiger partial charge in [0.05, 0.1) is 10.8 Å². The third kappa shape index (κ3) is 5.46. The molecule has 1 aromatic rings. The van der Waals surface area contributed by atoms with Crippen LogP contribution >= 0.6 is 11.8 Å². The number of carbonyl (C=O) groups is 1. The van der Waals surface area contributed by atoms with E-state index in [4.69, 9.17) is 0 Å². The Morgan fingerprint density at radius 3 is 2.62 bits per heavy atom. The molecule has 0 aromatic carbocycles. The van der Waals surface area contributed by atoms with E-state index in [1.54, 1.807) is 12.1 Å². The van der Waals surface area contributed by atoms with E-state index in [2.05, 4.69) is 24.1 Å². The lowest BCUT2D eigenvalue weighted by Gasteiger charge is -2.15. The number of rotatable bonds is 8. The first-order valence-corrected chi connectivity index (χ1v) is 10.7. The van der Waals surface area contributed by atoms with Crippen LogP contribution in [0.2, 0.25) is 0 Å². The van der Waals surface area contributed by atoms with Crippen molar-refractivity contribution < 1.29 is 13.2 Å². The summed E-state index contributed by atoms with van der Waals surface area (Å²) in [6, 6.07) is 3.23. The van der Waals surface area contributed by atoms with Crippen LogP contribution < -0.4 is 5.32 Å². The van der Waals surface area contributed by atoms with E-state index in [0.29, 0.717) is 30.6 Å². The summed E-state index contributed by atoms with van der Waals surface area (Å²) in [6.07, 6.45) is 4.16. The topological polar surface area (TPSA) is 79.4 Å². The number of hydrogen-bond acceptors (Lipinski definition) is 5. The lowest BCUT2D eigenvalue weighted by Crippen LogP contribution is -2.28. The first-order valence-electron chi connectivity index (χ1n) is 8.25. The number of thioether (sulfide) groups is 1. The number of carbonyl (C=O) groups excluding carboxylic acids is 1. The first kappa shape index (κ1) is 19.2. The molecule has 1 amide bonds. The van der Waals surface area contributed by atoms with Gasteiger partial charge in [-0.3, -0.25) is 4.79 Å². The molecule has 134 valence electrons. The molecule has 1 aromatic heterocycles. The maximum absolute atomic E-state index is 12.4. The van der Waals surface area contributed by atoms with Gasteiger partial charge in [-0.15, -0.1) is 0 Å². The van der Waals surface area contributed by atoms with Gasteiger partial charge in [-0.25, -0.2) is 13.4 Å². The minimum Gasteiger partial charge on any atom is -0.355 e. The molecule has 2 heterocycles. The molecule has 8 heteroatoms. The van der Waals surface area contributed by atoms with Crippen molar-refractivity contribution in [3.63, 3.8) is 0 Å². The van der Waals surface area contributed by atoms with Crippen LogP contribution in [0.4, 0.5) is 0 Å². The van der Waals surface area contributed by atoms with Crippen LogP contribution in [0.25, 0.3) is 0 Å². The molecule has 0 aliphatic carbocycles. The first-order chi connectivity index (χ1) is 11.4. The Morgan fingerprint density at radius 1 is 1.33 bits per heavy atom. The lowest BCUT2D eigenvalue weighted by atomic mass is 10.1. The van der Waals surface area contributed by atoms with Crippen molar-refractivity contribution in [2.45, 2.75) is 43.0 Å². The highest BCUT2D eigenvalue weighted by atomic mass is 32.2. The number of nitrogens with zero attached hydrogens (tertiary/aromatic N) is 2. The molecule has 1 saturated heterocycles. The van der Waals surface area contributed by atoms with E-state index < -0.39 is 10.0 Å². The largest absolute Gasteiger partial charge is 0.355 e. The third-order valence-corrected chi connectivity index (χ3v) is 6.63. The van der Waals surface area contributed by atoms with Crippen LogP contribution in [0.1, 0.15) is 33.1 Å². The summed E-state index contributed by atoms with van der Waals surface area (Å²) in [5.74, 6) is 0.810. The Hall–Kier alpha value is -1.12. The highest BCUT2D eigenvalue weighted by molar-refractivity contribution is 7.99. The van der Waals surface area contributed by atoms with Gasteiger partial charge in [-0.2, -0.15) is 4.31 Å². The zero-order valence-corrected chi connectivity index (χ0v) is 15.8. The monoisotopic (exact) mass is 371 g/mol. The predicted molar refractivity (Wildman–Crippen MR) is 95.4 cm³/mol. The standard InChI is InChI=1S/C16H25N3O3S2/c1-13(2)7-8-17-15(20)12-23-16-6-5-14(11-18-16)24(21,22)19-9-3-4-10-19/h5-6,11,13H,3-4,7-10,12H2,1-2H3,(H,17,20). The average molecular weight is 372 g/mol. The van der Waals surface area contributed by atoms with Crippen molar-refractivity contribution in [1.29, 1.82) is 0 Å². The van der Waals surface area contributed by atoms with Crippen LogP contribution in [0.15, 0.2) is 28.3 Å². The molecule has 0 spiro atoms. The number of nitrogens with one attached hydrogen (secondary N) is 1. The van der Waals surface area contributed by atoms with Gasteiger partial charge in [0, 0.05) is 25.8 Å². The Bertz CT molecular complexity index is 639. The number of pyridine rings is 1. The maximum Gasteiger partial charge on any atom is 0.244 e. The van der Waals surface area contributed by atoms with Crippen LogP contribution in [0, 0.1) is 5.92 Å². The molecule has 0 saturated carbocycles. The van der Waals surface area contributed by atoms with E-state index in [1.165, 1.54) is 22.3 Å². The maximum atomic E-state index is 12.4. The lowest BCUT2D eigenvalue weighted by molar-refractivity contribution is -0.118. The third-order valence-electron chi connectivity index (χ3n) is 3.81. The molecule has 24 heavy (non-hydrogen) atoms. The quantitative estimate of drug-likeness (QED) is 0.708. The second-order valence-electron chi connectivity index (χ2n) is 6.26. The summed E-state index contributed by atoms with van der Waals surface area (Å²) in [5, 5.41) is 3.51. The Morgan fingerprint density at radius 2 is 2.04 bits per heavy atom. The summed E-state index contributed by atoms with van der Waals surface area (Å²) in [6.45, 7) is 6.06. The molecule has 1 fully saturated rings. The molecule has 2 rings (SSSR count). The minimum absolute atomic E-state index is 0.0313. The van der Waals surface area contributed by atoms with E-state index >= 15 is 0 Å². The van der Waals surface area contributed by atoms with Gasteiger partial charge in [-0.05, 0) is 37.3 Å². The minimum atomic E-state index is -3.42. The van der Waals surface area contributed by atoms with Crippen molar-refractivity contribution in [2.24, 2.45) is 5.92 Å². The van der Waals surface area contributed by atoms with Gasteiger partial charge in [0.1, 0.15) is 4.90 Å². The highest BCUT2D eigenvalue weighted by Crippen LogP contribution is 2.22. The summed E-state index contributed by atoms with van der Waals surface area (Å²) >= 11 is 1.31. The Balaban J connectivity index is 1.85. The smallest absolute Gasteiger partial charge is 0.244 e. The van der Waals surface area contributed by atoms with Crippen molar-refractivity contribution in [2.75, 3.05) is 25.4 Å². The molecule has 1 aliphatic heterocycles. The number of amides is 1. The van der Waals surface area contributed by atoms with Gasteiger partial charge in [0.25, 0.3) is 0 Å². The van der Waals surface area contributed by atoms with Crippen LogP contribution in [-0.2, 0) is 14.8 Å². The van der Waals surface area contributed by atoms with Gasteiger partial charge < -0.3 is 5.32 Å². The second kappa shape index (κ2) is 8.82. The normalized spacial score (nSPS) is 15.8. The highest BCUT2D eigenvalue weighted by Gasteiger charge is 2.27. The molecule has 0 atom stereocenters. The molecule has 1 N–H and O–H groups in total. The molecular weight excluding hydrogens is 346 g/mol. The fourth-order valence-corrected chi connectivity index (χ4v) is 4.51. The van der Waals surface area contributed by atoms with Crippen molar-refractivity contribution in [3.8, 4) is 0 Å². The molecule has 0 bridgehead atoms. The average Bonchev–Trinajstić information content (AvgIpc) is 3.08. The van der Waals surface area contributed by atoms with E-state index in [1.807, 2.05) is 0 Å². The summed E-state index contributed by atoms with van der Waals surface area (Å²) in [7, 11) is -3.42. The fraction of sp³-hybridized carbons (Fsp3) is 0.625. The number of aromatic nitrogens is 1. The summed E-state index contributed by atoms with van der Waals surface area (Å²) < 4.78 is 26.3. The van der Waals surface area contributed by atoms with Gasteiger partial charge in [0.2, 0.25) is 15.9 Å². The summed E-state index contributed by atoms with van der Waals surface area (Å²) in [5.41, 5.74) is 0. The van der Waals surface area contributed by atoms with Gasteiger partial charge >= 0.3 is 0 Å². The van der Waals surface area contributed by atoms with Crippen LogP contribution in [-0.4, -0.2) is 49.0 Å². The molecule has 0 radical (unpaired) electrons. The zero-order chi connectivity index (χ0) is 17.6. The fourth-order valence-electron chi connectivity index (χ4n) is 2.37. The SMILES string of the molecule is CC(C)CCNC(=O)CSc1ccc(S(=O)(=O)N2CCCC2)cn1. The molecular formula is C16H25N3O3S2. The summed E-state index contributed by atoms with van der Waals surface area (Å²) in [4.78, 5) is 16.1.